The monoisotopic (exact) mass is 269 g/mol. The molecule has 1 aromatic rings. The van der Waals surface area contributed by atoms with Gasteiger partial charge in [-0.15, -0.1) is 0 Å². The van der Waals surface area contributed by atoms with E-state index in [-0.39, 0.29) is 5.82 Å². The highest BCUT2D eigenvalue weighted by Gasteiger charge is 2.12. The summed E-state index contributed by atoms with van der Waals surface area (Å²) in [7, 11) is 2.93. The third kappa shape index (κ3) is 5.11. The molecule has 3 N–H and O–H groups in total. The van der Waals surface area contributed by atoms with Crippen LogP contribution in [0.4, 0.5) is 11.5 Å². The molecule has 0 radical (unpaired) electrons. The lowest BCUT2D eigenvalue weighted by atomic mass is 10.2. The van der Waals surface area contributed by atoms with Crippen LogP contribution in [0.1, 0.15) is 10.4 Å². The summed E-state index contributed by atoms with van der Waals surface area (Å²) in [6, 6.07) is 1.47. The molecule has 0 atom stereocenters. The van der Waals surface area contributed by atoms with Crippen LogP contribution in [0.5, 0.6) is 0 Å². The molecule has 0 aliphatic rings. The molecule has 7 heteroatoms. The number of esters is 1. The van der Waals surface area contributed by atoms with E-state index < -0.39 is 5.97 Å². The number of methoxy groups -OCH3 is 2. The lowest BCUT2D eigenvalue weighted by Gasteiger charge is -2.11. The maximum absolute atomic E-state index is 11.6. The number of nitrogens with one attached hydrogen (secondary N) is 1. The van der Waals surface area contributed by atoms with Gasteiger partial charge in [0.25, 0.3) is 0 Å². The van der Waals surface area contributed by atoms with Gasteiger partial charge in [0.15, 0.2) is 0 Å². The molecule has 1 rings (SSSR count). The largest absolute Gasteiger partial charge is 0.465 e. The van der Waals surface area contributed by atoms with Crippen molar-refractivity contribution < 1.29 is 19.0 Å². The maximum Gasteiger partial charge on any atom is 0.340 e. The minimum Gasteiger partial charge on any atom is -0.465 e. The van der Waals surface area contributed by atoms with Crippen LogP contribution in [0, 0.1) is 0 Å². The molecule has 0 aliphatic carbocycles. The van der Waals surface area contributed by atoms with Gasteiger partial charge >= 0.3 is 5.97 Å². The predicted octanol–water partition coefficient (Wildman–Crippen LogP) is 0.525. The highest BCUT2D eigenvalue weighted by atomic mass is 16.5. The Bertz CT molecular complexity index is 412. The van der Waals surface area contributed by atoms with Gasteiger partial charge in [-0.05, 0) is 6.07 Å². The zero-order valence-electron chi connectivity index (χ0n) is 11.1. The molecule has 0 fully saturated rings. The van der Waals surface area contributed by atoms with Gasteiger partial charge in [0, 0.05) is 13.7 Å². The first kappa shape index (κ1) is 15.2. The van der Waals surface area contributed by atoms with Gasteiger partial charge in [0.2, 0.25) is 0 Å². The first-order valence-corrected chi connectivity index (χ1v) is 5.83. The molecule has 0 saturated heterocycles. The fourth-order valence-electron chi connectivity index (χ4n) is 1.39. The van der Waals surface area contributed by atoms with E-state index in [1.807, 2.05) is 0 Å². The fraction of sp³-hybridized carbons (Fsp3) is 0.500. The van der Waals surface area contributed by atoms with Crippen molar-refractivity contribution in [3.8, 4) is 0 Å². The summed E-state index contributed by atoms with van der Waals surface area (Å²) in [6.07, 6.45) is 1.50. The maximum atomic E-state index is 11.6. The number of hydrogen-bond acceptors (Lipinski definition) is 7. The number of rotatable bonds is 8. The van der Waals surface area contributed by atoms with Crippen molar-refractivity contribution in [2.24, 2.45) is 0 Å². The third-order valence-corrected chi connectivity index (χ3v) is 2.32. The van der Waals surface area contributed by atoms with E-state index >= 15 is 0 Å². The molecular weight excluding hydrogens is 250 g/mol. The highest BCUT2D eigenvalue weighted by molar-refractivity contribution is 5.96. The summed E-state index contributed by atoms with van der Waals surface area (Å²) >= 11 is 0. The van der Waals surface area contributed by atoms with Gasteiger partial charge in [0.05, 0.1) is 44.4 Å². The van der Waals surface area contributed by atoms with Crippen LogP contribution in [-0.4, -0.2) is 51.5 Å². The van der Waals surface area contributed by atoms with Gasteiger partial charge in [-0.3, -0.25) is 0 Å². The van der Waals surface area contributed by atoms with Crippen LogP contribution in [0.3, 0.4) is 0 Å². The second-order valence-corrected chi connectivity index (χ2v) is 3.68. The molecule has 0 aliphatic heterocycles. The van der Waals surface area contributed by atoms with Crippen LogP contribution < -0.4 is 11.1 Å². The molecule has 0 amide bonds. The molecule has 0 aromatic carbocycles. The molecule has 1 heterocycles. The average Bonchev–Trinajstić information content (AvgIpc) is 2.43. The lowest BCUT2D eigenvalue weighted by Crippen LogP contribution is -2.15. The zero-order valence-corrected chi connectivity index (χ0v) is 11.1. The van der Waals surface area contributed by atoms with Crippen LogP contribution >= 0.6 is 0 Å². The first-order chi connectivity index (χ1) is 9.19. The van der Waals surface area contributed by atoms with Crippen molar-refractivity contribution in [3.05, 3.63) is 17.8 Å². The molecule has 0 saturated carbocycles. The van der Waals surface area contributed by atoms with Gasteiger partial charge in [-0.2, -0.15) is 0 Å². The second-order valence-electron chi connectivity index (χ2n) is 3.68. The van der Waals surface area contributed by atoms with Gasteiger partial charge in [-0.1, -0.05) is 0 Å². The fourth-order valence-corrected chi connectivity index (χ4v) is 1.39. The summed E-state index contributed by atoms with van der Waals surface area (Å²) in [5.74, 6) is -0.195. The van der Waals surface area contributed by atoms with Gasteiger partial charge in [-0.25, -0.2) is 9.78 Å². The Morgan fingerprint density at radius 2 is 2.16 bits per heavy atom. The molecule has 106 valence electrons. The Morgan fingerprint density at radius 3 is 2.84 bits per heavy atom. The van der Waals surface area contributed by atoms with E-state index in [4.69, 9.17) is 15.2 Å². The number of carbonyl (C=O) groups is 1. The zero-order chi connectivity index (χ0) is 14.1. The van der Waals surface area contributed by atoms with E-state index in [9.17, 15) is 4.79 Å². The Morgan fingerprint density at radius 1 is 1.37 bits per heavy atom. The van der Waals surface area contributed by atoms with Crippen molar-refractivity contribution in [2.45, 2.75) is 0 Å². The van der Waals surface area contributed by atoms with Crippen LogP contribution in [0.2, 0.25) is 0 Å². The number of nitrogens with two attached hydrogens (primary N) is 1. The van der Waals surface area contributed by atoms with Gasteiger partial charge in [0.1, 0.15) is 5.82 Å². The number of anilines is 2. The third-order valence-electron chi connectivity index (χ3n) is 2.32. The molecule has 7 nitrogen and oxygen atoms in total. The summed E-state index contributed by atoms with van der Waals surface area (Å²) in [6.45, 7) is 2.12. The highest BCUT2D eigenvalue weighted by Crippen LogP contribution is 2.17. The van der Waals surface area contributed by atoms with E-state index in [1.165, 1.54) is 19.4 Å². The van der Waals surface area contributed by atoms with Crippen molar-refractivity contribution >= 4 is 17.5 Å². The minimum absolute atomic E-state index is 0.266. The number of aromatic nitrogens is 1. The van der Waals surface area contributed by atoms with Crippen molar-refractivity contribution in [1.82, 2.24) is 4.98 Å². The lowest BCUT2D eigenvalue weighted by molar-refractivity contribution is 0.0601. The number of nitrogen functional groups attached to an aromatic ring is 1. The topological polar surface area (TPSA) is 95.7 Å². The van der Waals surface area contributed by atoms with E-state index in [2.05, 4.69) is 15.0 Å². The van der Waals surface area contributed by atoms with Crippen molar-refractivity contribution in [1.29, 1.82) is 0 Å². The SMILES string of the molecule is COCCOCCNc1cnc(N)cc1C(=O)OC. The molecular formula is C12H19N3O4. The quantitative estimate of drug-likeness (QED) is 0.524. The second kappa shape index (κ2) is 8.28. The molecule has 0 unspecified atom stereocenters. The Labute approximate surface area is 112 Å². The molecule has 0 spiro atoms. The standard InChI is InChI=1S/C12H19N3O4/c1-17-5-6-19-4-3-14-10-8-15-11(13)7-9(10)12(16)18-2/h7-8,14H,3-6H2,1-2H3,(H2,13,15). The van der Waals surface area contributed by atoms with Crippen LogP contribution in [-0.2, 0) is 14.2 Å². The minimum atomic E-state index is -0.461. The van der Waals surface area contributed by atoms with Crippen molar-refractivity contribution in [3.63, 3.8) is 0 Å². The van der Waals surface area contributed by atoms with E-state index in [1.54, 1.807) is 7.11 Å². The summed E-state index contributed by atoms with van der Waals surface area (Å²) < 4.78 is 14.8. The van der Waals surface area contributed by atoms with Crippen LogP contribution in [0.15, 0.2) is 12.3 Å². The normalized spacial score (nSPS) is 10.2. The number of hydrogen-bond donors (Lipinski definition) is 2. The number of carbonyl (C=O) groups excluding carboxylic acids is 1. The van der Waals surface area contributed by atoms with Crippen LogP contribution in [0.25, 0.3) is 0 Å². The number of nitrogens with zero attached hydrogens (tertiary/aromatic N) is 1. The average molecular weight is 269 g/mol. The summed E-state index contributed by atoms with van der Waals surface area (Å²) in [5, 5.41) is 3.05. The summed E-state index contributed by atoms with van der Waals surface area (Å²) in [5.41, 5.74) is 6.46. The molecule has 0 bridgehead atoms. The molecule has 1 aromatic heterocycles. The van der Waals surface area contributed by atoms with E-state index in [0.29, 0.717) is 37.6 Å². The number of pyridine rings is 1. The number of ether oxygens (including phenoxy) is 3. The predicted molar refractivity (Wildman–Crippen MR) is 71.2 cm³/mol. The smallest absolute Gasteiger partial charge is 0.340 e. The molecule has 19 heavy (non-hydrogen) atoms. The van der Waals surface area contributed by atoms with Crippen molar-refractivity contribution in [2.75, 3.05) is 51.6 Å². The Kier molecular flexibility index (Phi) is 6.62. The first-order valence-electron chi connectivity index (χ1n) is 5.83. The van der Waals surface area contributed by atoms with Gasteiger partial charge < -0.3 is 25.3 Å². The Hall–Kier alpha value is -1.86. The summed E-state index contributed by atoms with van der Waals surface area (Å²) in [4.78, 5) is 15.5. The Balaban J connectivity index is 2.50. The van der Waals surface area contributed by atoms with E-state index in [0.717, 1.165) is 0 Å².